The van der Waals surface area contributed by atoms with Crippen molar-refractivity contribution in [2.45, 2.75) is 38.8 Å². The van der Waals surface area contributed by atoms with Gasteiger partial charge in [-0.25, -0.2) is 0 Å². The first-order valence-electron chi connectivity index (χ1n) is 7.16. The monoisotopic (exact) mass is 268 g/mol. The molecule has 1 aromatic heterocycles. The summed E-state index contributed by atoms with van der Waals surface area (Å²) < 4.78 is 5.85. The summed E-state index contributed by atoms with van der Waals surface area (Å²) in [5, 5.41) is 0. The Bertz CT molecular complexity index is 610. The van der Waals surface area contributed by atoms with Gasteiger partial charge < -0.3 is 10.5 Å². The summed E-state index contributed by atoms with van der Waals surface area (Å²) in [6.07, 6.45) is 3.35. The van der Waals surface area contributed by atoms with Gasteiger partial charge in [-0.15, -0.1) is 0 Å². The van der Waals surface area contributed by atoms with E-state index in [9.17, 15) is 0 Å². The fourth-order valence-electron chi connectivity index (χ4n) is 2.76. The first-order chi connectivity index (χ1) is 9.72. The normalized spacial score (nSPS) is 17.6. The Morgan fingerprint density at radius 3 is 3.05 bits per heavy atom. The Kier molecular flexibility index (Phi) is 3.70. The lowest BCUT2D eigenvalue weighted by Gasteiger charge is -2.22. The summed E-state index contributed by atoms with van der Waals surface area (Å²) in [6, 6.07) is 12.4. The molecule has 0 radical (unpaired) electrons. The zero-order valence-corrected chi connectivity index (χ0v) is 11.8. The molecule has 0 aliphatic heterocycles. The molecule has 0 saturated carbocycles. The fraction of sp³-hybridized carbons (Fsp3) is 0.353. The molecule has 1 atom stereocenters. The number of pyridine rings is 1. The van der Waals surface area contributed by atoms with Crippen molar-refractivity contribution in [2.24, 2.45) is 5.73 Å². The molecule has 1 aliphatic rings. The highest BCUT2D eigenvalue weighted by atomic mass is 16.5. The summed E-state index contributed by atoms with van der Waals surface area (Å²) in [5.41, 5.74) is 10.7. The molecular weight excluding hydrogens is 248 g/mol. The minimum atomic E-state index is 0.186. The third kappa shape index (κ3) is 2.83. The second-order valence-corrected chi connectivity index (χ2v) is 5.42. The van der Waals surface area contributed by atoms with Crippen molar-refractivity contribution in [3.63, 3.8) is 0 Å². The molecule has 2 aromatic rings. The number of benzene rings is 1. The maximum Gasteiger partial charge on any atom is 0.130 e. The molecule has 0 fully saturated rings. The lowest BCUT2D eigenvalue weighted by Crippen LogP contribution is -2.17. The maximum atomic E-state index is 6.13. The molecule has 1 aromatic carbocycles. The van der Waals surface area contributed by atoms with Crippen LogP contribution in [0.5, 0.6) is 5.75 Å². The van der Waals surface area contributed by atoms with E-state index in [2.05, 4.69) is 17.1 Å². The van der Waals surface area contributed by atoms with Crippen molar-refractivity contribution >= 4 is 0 Å². The largest absolute Gasteiger partial charge is 0.487 e. The number of rotatable bonds is 3. The predicted octanol–water partition coefficient (Wildman–Crippen LogP) is 3.31. The van der Waals surface area contributed by atoms with Gasteiger partial charge in [0, 0.05) is 11.7 Å². The van der Waals surface area contributed by atoms with Crippen LogP contribution in [-0.4, -0.2) is 4.98 Å². The van der Waals surface area contributed by atoms with E-state index in [4.69, 9.17) is 10.5 Å². The zero-order valence-electron chi connectivity index (χ0n) is 11.8. The summed E-state index contributed by atoms with van der Waals surface area (Å²) >= 11 is 0. The van der Waals surface area contributed by atoms with Crippen LogP contribution < -0.4 is 10.5 Å². The quantitative estimate of drug-likeness (QED) is 0.929. The lowest BCUT2D eigenvalue weighted by atomic mass is 9.88. The second-order valence-electron chi connectivity index (χ2n) is 5.42. The fourth-order valence-corrected chi connectivity index (χ4v) is 2.76. The van der Waals surface area contributed by atoms with Crippen LogP contribution >= 0.6 is 0 Å². The highest BCUT2D eigenvalue weighted by molar-refractivity contribution is 5.39. The smallest absolute Gasteiger partial charge is 0.130 e. The Balaban J connectivity index is 1.72. The van der Waals surface area contributed by atoms with Gasteiger partial charge in [0.05, 0.1) is 5.69 Å². The first-order valence-corrected chi connectivity index (χ1v) is 7.16. The standard InChI is InChI=1S/C17H20N2O/c1-12-4-2-6-14(19-12)11-20-15-8-9-16-13(10-15)5-3-7-17(16)18/h2,4,6,8-10,17H,3,5,7,11,18H2,1H3. The number of nitrogens with two attached hydrogens (primary N) is 1. The van der Waals surface area contributed by atoms with Crippen LogP contribution in [0.4, 0.5) is 0 Å². The average Bonchev–Trinajstić information content (AvgIpc) is 2.45. The minimum absolute atomic E-state index is 0.186. The van der Waals surface area contributed by atoms with E-state index in [0.29, 0.717) is 6.61 Å². The van der Waals surface area contributed by atoms with Crippen molar-refractivity contribution in [3.05, 3.63) is 58.9 Å². The van der Waals surface area contributed by atoms with Crippen molar-refractivity contribution in [1.82, 2.24) is 4.98 Å². The molecule has 1 heterocycles. The third-order valence-corrected chi connectivity index (χ3v) is 3.81. The van der Waals surface area contributed by atoms with Gasteiger partial charge in [0.2, 0.25) is 0 Å². The zero-order chi connectivity index (χ0) is 13.9. The maximum absolute atomic E-state index is 6.13. The number of aromatic nitrogens is 1. The predicted molar refractivity (Wildman–Crippen MR) is 79.6 cm³/mol. The molecule has 104 valence electrons. The lowest BCUT2D eigenvalue weighted by molar-refractivity contribution is 0.300. The van der Waals surface area contributed by atoms with Crippen molar-refractivity contribution < 1.29 is 4.74 Å². The molecule has 1 aliphatic carbocycles. The van der Waals surface area contributed by atoms with E-state index in [-0.39, 0.29) is 6.04 Å². The van der Waals surface area contributed by atoms with Crippen molar-refractivity contribution in [1.29, 1.82) is 0 Å². The number of hydrogen-bond acceptors (Lipinski definition) is 3. The molecule has 0 saturated heterocycles. The Hall–Kier alpha value is -1.87. The van der Waals surface area contributed by atoms with Crippen LogP contribution in [0, 0.1) is 6.92 Å². The van der Waals surface area contributed by atoms with Crippen LogP contribution in [0.3, 0.4) is 0 Å². The van der Waals surface area contributed by atoms with Gasteiger partial charge in [0.15, 0.2) is 0 Å². The van der Waals surface area contributed by atoms with Gasteiger partial charge >= 0.3 is 0 Å². The molecular formula is C17H20N2O. The van der Waals surface area contributed by atoms with Crippen molar-refractivity contribution in [3.8, 4) is 5.75 Å². The molecule has 3 rings (SSSR count). The Morgan fingerprint density at radius 2 is 2.20 bits per heavy atom. The minimum Gasteiger partial charge on any atom is -0.487 e. The number of nitrogens with zero attached hydrogens (tertiary/aromatic N) is 1. The Morgan fingerprint density at radius 1 is 1.30 bits per heavy atom. The van der Waals surface area contributed by atoms with Gasteiger partial charge in [-0.05, 0) is 61.6 Å². The van der Waals surface area contributed by atoms with E-state index in [1.807, 2.05) is 31.2 Å². The number of fused-ring (bicyclic) bond motifs is 1. The molecule has 0 amide bonds. The summed E-state index contributed by atoms with van der Waals surface area (Å²) in [5.74, 6) is 0.904. The number of ether oxygens (including phenoxy) is 1. The van der Waals surface area contributed by atoms with Crippen LogP contribution in [0.1, 0.15) is 41.4 Å². The van der Waals surface area contributed by atoms with Gasteiger partial charge in [-0.1, -0.05) is 12.1 Å². The van der Waals surface area contributed by atoms with E-state index in [0.717, 1.165) is 36.4 Å². The molecule has 20 heavy (non-hydrogen) atoms. The van der Waals surface area contributed by atoms with Gasteiger partial charge in [-0.2, -0.15) is 0 Å². The molecule has 3 heteroatoms. The molecule has 2 N–H and O–H groups in total. The second kappa shape index (κ2) is 5.63. The van der Waals surface area contributed by atoms with E-state index in [1.165, 1.54) is 11.1 Å². The van der Waals surface area contributed by atoms with E-state index >= 15 is 0 Å². The summed E-state index contributed by atoms with van der Waals surface area (Å²) in [4.78, 5) is 4.44. The highest BCUT2D eigenvalue weighted by Gasteiger charge is 2.16. The van der Waals surface area contributed by atoms with Crippen molar-refractivity contribution in [2.75, 3.05) is 0 Å². The van der Waals surface area contributed by atoms with Crippen LogP contribution in [-0.2, 0) is 13.0 Å². The molecule has 0 bridgehead atoms. The summed E-state index contributed by atoms with van der Waals surface area (Å²) in [6.45, 7) is 2.50. The highest BCUT2D eigenvalue weighted by Crippen LogP contribution is 2.30. The first kappa shape index (κ1) is 13.1. The van der Waals surface area contributed by atoms with Crippen LogP contribution in [0.15, 0.2) is 36.4 Å². The van der Waals surface area contributed by atoms with Gasteiger partial charge in [0.25, 0.3) is 0 Å². The third-order valence-electron chi connectivity index (χ3n) is 3.81. The molecule has 3 nitrogen and oxygen atoms in total. The number of hydrogen-bond donors (Lipinski definition) is 1. The molecule has 1 unspecified atom stereocenters. The number of aryl methyl sites for hydroxylation is 2. The Labute approximate surface area is 119 Å². The topological polar surface area (TPSA) is 48.1 Å². The SMILES string of the molecule is Cc1cccc(COc2ccc3c(c2)CCCC3N)n1. The van der Waals surface area contributed by atoms with Crippen LogP contribution in [0.2, 0.25) is 0 Å². The summed E-state index contributed by atoms with van der Waals surface area (Å²) in [7, 11) is 0. The van der Waals surface area contributed by atoms with Gasteiger partial charge in [0.1, 0.15) is 12.4 Å². The van der Waals surface area contributed by atoms with Gasteiger partial charge in [-0.3, -0.25) is 4.98 Å². The molecule has 0 spiro atoms. The van der Waals surface area contributed by atoms with Crippen LogP contribution in [0.25, 0.3) is 0 Å². The van der Waals surface area contributed by atoms with E-state index < -0.39 is 0 Å². The van der Waals surface area contributed by atoms with E-state index in [1.54, 1.807) is 0 Å². The average molecular weight is 268 g/mol.